The normalized spacial score (nSPS) is 21.3. The molecule has 164 valence electrons. The molecular weight excluding hydrogens is 388 g/mol. The molecule has 1 aromatic heterocycles. The number of rotatable bonds is 6. The molecule has 0 radical (unpaired) electrons. The molecule has 0 bridgehead atoms. The van der Waals surface area contributed by atoms with Gasteiger partial charge < -0.3 is 9.88 Å². The molecule has 1 fully saturated rings. The maximum absolute atomic E-state index is 3.85. The van der Waals surface area contributed by atoms with E-state index in [-0.39, 0.29) is 5.54 Å². The largest absolute Gasteiger partial charge is 0.358 e. The second-order valence-corrected chi connectivity index (χ2v) is 9.78. The molecule has 0 amide bonds. The van der Waals surface area contributed by atoms with E-state index in [4.69, 9.17) is 0 Å². The summed E-state index contributed by atoms with van der Waals surface area (Å²) >= 11 is 0. The van der Waals surface area contributed by atoms with Crippen molar-refractivity contribution in [3.63, 3.8) is 0 Å². The second-order valence-electron chi connectivity index (χ2n) is 9.78. The Morgan fingerprint density at radius 1 is 0.781 bits per heavy atom. The maximum atomic E-state index is 3.85. The quantitative estimate of drug-likeness (QED) is 0.356. The Balaban J connectivity index is 1.42. The Morgan fingerprint density at radius 3 is 2.03 bits per heavy atom. The highest BCUT2D eigenvalue weighted by atomic mass is 15.1. The summed E-state index contributed by atoms with van der Waals surface area (Å²) in [5, 5.41) is 1.39. The number of benzene rings is 3. The monoisotopic (exact) mass is 422 g/mol. The second kappa shape index (κ2) is 8.96. The first kappa shape index (κ1) is 21.0. The van der Waals surface area contributed by atoms with E-state index in [0.29, 0.717) is 5.92 Å². The van der Waals surface area contributed by atoms with Crippen LogP contribution in [0.4, 0.5) is 0 Å². The molecule has 4 aromatic rings. The zero-order valence-corrected chi connectivity index (χ0v) is 19.4. The van der Waals surface area contributed by atoms with Crippen molar-refractivity contribution in [2.45, 2.75) is 50.0 Å². The Morgan fingerprint density at radius 2 is 1.38 bits per heavy atom. The predicted octanol–water partition coefficient (Wildman–Crippen LogP) is 6.96. The maximum Gasteiger partial charge on any atom is 0.0459 e. The van der Waals surface area contributed by atoms with Crippen LogP contribution in [-0.2, 0) is 12.8 Å². The first-order valence-electron chi connectivity index (χ1n) is 12.0. The van der Waals surface area contributed by atoms with E-state index in [1.807, 2.05) is 0 Å². The lowest BCUT2D eigenvalue weighted by Gasteiger charge is -2.45. The molecule has 1 aliphatic rings. The molecule has 1 saturated carbocycles. The van der Waals surface area contributed by atoms with Gasteiger partial charge in [-0.1, -0.05) is 78.9 Å². The van der Waals surface area contributed by atoms with Crippen molar-refractivity contribution in [3.05, 3.63) is 107 Å². The van der Waals surface area contributed by atoms with Crippen molar-refractivity contribution in [2.24, 2.45) is 0 Å². The zero-order valence-electron chi connectivity index (χ0n) is 19.4. The minimum absolute atomic E-state index is 0.253. The number of H-pyrrole nitrogens is 1. The van der Waals surface area contributed by atoms with Crippen molar-refractivity contribution in [1.82, 2.24) is 9.88 Å². The molecule has 2 heteroatoms. The molecule has 0 atom stereocenters. The standard InChI is InChI=1S/C30H34N2/c1-32(2)30(22-24-13-7-4-8-14-24)19-17-25(18-20-30)29-27(21-23-11-5-3-6-12-23)26-15-9-10-16-28(26)31-29/h3-16,25,31H,17-22H2,1-2H3. The van der Waals surface area contributed by atoms with Crippen LogP contribution in [0.25, 0.3) is 10.9 Å². The van der Waals surface area contributed by atoms with Gasteiger partial charge in [-0.15, -0.1) is 0 Å². The summed E-state index contributed by atoms with van der Waals surface area (Å²) in [6, 6.07) is 30.8. The lowest BCUT2D eigenvalue weighted by molar-refractivity contribution is 0.0920. The van der Waals surface area contributed by atoms with Crippen LogP contribution in [0.3, 0.4) is 0 Å². The Labute approximate surface area is 192 Å². The lowest BCUT2D eigenvalue weighted by Crippen LogP contribution is -2.48. The summed E-state index contributed by atoms with van der Waals surface area (Å²) in [5.41, 5.74) is 7.35. The van der Waals surface area contributed by atoms with Crippen LogP contribution in [0.2, 0.25) is 0 Å². The number of aromatic nitrogens is 1. The van der Waals surface area contributed by atoms with Crippen molar-refractivity contribution in [3.8, 4) is 0 Å². The molecule has 0 unspecified atom stereocenters. The number of fused-ring (bicyclic) bond motifs is 1. The Bertz CT molecular complexity index is 1150. The topological polar surface area (TPSA) is 19.0 Å². The highest BCUT2D eigenvalue weighted by molar-refractivity contribution is 5.85. The molecule has 1 N–H and O–H groups in total. The van der Waals surface area contributed by atoms with Crippen LogP contribution in [0.5, 0.6) is 0 Å². The third kappa shape index (κ3) is 4.12. The minimum atomic E-state index is 0.253. The van der Waals surface area contributed by atoms with Crippen molar-refractivity contribution >= 4 is 10.9 Å². The third-order valence-corrected chi connectivity index (χ3v) is 7.72. The molecule has 1 aliphatic carbocycles. The van der Waals surface area contributed by atoms with Crippen LogP contribution >= 0.6 is 0 Å². The first-order valence-corrected chi connectivity index (χ1v) is 12.0. The van der Waals surface area contributed by atoms with Crippen LogP contribution in [-0.4, -0.2) is 29.5 Å². The average Bonchev–Trinajstić information content (AvgIpc) is 3.19. The minimum Gasteiger partial charge on any atom is -0.358 e. The highest BCUT2D eigenvalue weighted by Gasteiger charge is 2.38. The third-order valence-electron chi connectivity index (χ3n) is 7.72. The summed E-state index contributed by atoms with van der Waals surface area (Å²) in [5.74, 6) is 0.602. The summed E-state index contributed by atoms with van der Waals surface area (Å²) in [6.45, 7) is 0. The lowest BCUT2D eigenvalue weighted by atomic mass is 9.71. The van der Waals surface area contributed by atoms with Gasteiger partial charge in [-0.25, -0.2) is 0 Å². The molecule has 2 nitrogen and oxygen atoms in total. The number of aromatic amines is 1. The van der Waals surface area contributed by atoms with Crippen LogP contribution in [0, 0.1) is 0 Å². The van der Waals surface area contributed by atoms with Crippen LogP contribution < -0.4 is 0 Å². The van der Waals surface area contributed by atoms with Crippen molar-refractivity contribution in [2.75, 3.05) is 14.1 Å². The molecule has 0 saturated heterocycles. The fourth-order valence-electron chi connectivity index (χ4n) is 5.76. The van der Waals surface area contributed by atoms with Gasteiger partial charge in [0.05, 0.1) is 0 Å². The van der Waals surface area contributed by atoms with Gasteiger partial charge in [-0.2, -0.15) is 0 Å². The van der Waals surface area contributed by atoms with Crippen LogP contribution in [0.15, 0.2) is 84.9 Å². The van der Waals surface area contributed by atoms with E-state index in [0.717, 1.165) is 12.8 Å². The Kier molecular flexibility index (Phi) is 5.89. The van der Waals surface area contributed by atoms with Gasteiger partial charge >= 0.3 is 0 Å². The Hall–Kier alpha value is -2.84. The van der Waals surface area contributed by atoms with Crippen molar-refractivity contribution < 1.29 is 0 Å². The highest BCUT2D eigenvalue weighted by Crippen LogP contribution is 2.44. The zero-order chi connectivity index (χ0) is 22.0. The van der Waals surface area contributed by atoms with Gasteiger partial charge in [-0.3, -0.25) is 0 Å². The molecule has 0 aliphatic heterocycles. The number of hydrogen-bond donors (Lipinski definition) is 1. The predicted molar refractivity (Wildman–Crippen MR) is 135 cm³/mol. The number of nitrogens with one attached hydrogen (secondary N) is 1. The van der Waals surface area contributed by atoms with E-state index in [1.54, 1.807) is 0 Å². The number of likely N-dealkylation sites (N-methyl/N-ethyl adjacent to an activating group) is 1. The van der Waals surface area contributed by atoms with Gasteiger partial charge in [-0.05, 0) is 81.3 Å². The summed E-state index contributed by atoms with van der Waals surface area (Å²) < 4.78 is 0. The number of para-hydroxylation sites is 1. The van der Waals surface area contributed by atoms with Crippen molar-refractivity contribution in [1.29, 1.82) is 0 Å². The average molecular weight is 423 g/mol. The fourth-order valence-corrected chi connectivity index (χ4v) is 5.76. The SMILES string of the molecule is CN(C)C1(Cc2ccccc2)CCC(c2[nH]c3ccccc3c2Cc2ccccc2)CC1. The summed E-state index contributed by atoms with van der Waals surface area (Å²) in [7, 11) is 4.54. The number of nitrogens with zero attached hydrogens (tertiary/aromatic N) is 1. The molecule has 0 spiro atoms. The molecule has 3 aromatic carbocycles. The molecule has 32 heavy (non-hydrogen) atoms. The van der Waals surface area contributed by atoms with E-state index >= 15 is 0 Å². The van der Waals surface area contributed by atoms with E-state index in [2.05, 4.69) is 109 Å². The van der Waals surface area contributed by atoms with E-state index < -0.39 is 0 Å². The molecular formula is C30H34N2. The van der Waals surface area contributed by atoms with Gasteiger partial charge in [0.15, 0.2) is 0 Å². The fraction of sp³-hybridized carbons (Fsp3) is 0.333. The molecule has 1 heterocycles. The van der Waals surface area contributed by atoms with Crippen LogP contribution in [0.1, 0.15) is 54.0 Å². The van der Waals surface area contributed by atoms with E-state index in [1.165, 1.54) is 59.0 Å². The van der Waals surface area contributed by atoms with Gasteiger partial charge in [0.25, 0.3) is 0 Å². The first-order chi connectivity index (χ1) is 15.6. The molecule has 5 rings (SSSR count). The number of hydrogen-bond acceptors (Lipinski definition) is 1. The van der Waals surface area contributed by atoms with Gasteiger partial charge in [0.1, 0.15) is 0 Å². The van der Waals surface area contributed by atoms with E-state index in [9.17, 15) is 0 Å². The van der Waals surface area contributed by atoms with Gasteiger partial charge in [0.2, 0.25) is 0 Å². The van der Waals surface area contributed by atoms with Gasteiger partial charge in [0, 0.05) is 22.1 Å². The summed E-state index contributed by atoms with van der Waals surface area (Å²) in [6.07, 6.45) is 7.08. The summed E-state index contributed by atoms with van der Waals surface area (Å²) in [4.78, 5) is 6.34. The smallest absolute Gasteiger partial charge is 0.0459 e.